The van der Waals surface area contributed by atoms with Crippen molar-refractivity contribution in [2.24, 2.45) is 0 Å². The SMILES string of the molecule is CN(C)C1=CC=CN[C]1F. The topological polar surface area (TPSA) is 15.3 Å². The molecule has 0 unspecified atom stereocenters. The second-order valence-corrected chi connectivity index (χ2v) is 2.26. The predicted molar refractivity (Wildman–Crippen MR) is 38.4 cm³/mol. The van der Waals surface area contributed by atoms with Crippen LogP contribution < -0.4 is 5.32 Å². The molecular formula is C7H10FN2. The summed E-state index contributed by atoms with van der Waals surface area (Å²) in [5.74, 6) is 0. The van der Waals surface area contributed by atoms with Crippen molar-refractivity contribution in [3.05, 3.63) is 30.3 Å². The van der Waals surface area contributed by atoms with Gasteiger partial charge in [-0.3, -0.25) is 0 Å². The summed E-state index contributed by atoms with van der Waals surface area (Å²) in [7, 11) is 3.60. The Labute approximate surface area is 60.0 Å². The number of nitrogens with zero attached hydrogens (tertiary/aromatic N) is 1. The van der Waals surface area contributed by atoms with Crippen molar-refractivity contribution in [2.75, 3.05) is 14.1 Å². The molecule has 1 N–H and O–H groups in total. The Balaban J connectivity index is 2.70. The fourth-order valence-corrected chi connectivity index (χ4v) is 0.753. The van der Waals surface area contributed by atoms with E-state index in [2.05, 4.69) is 5.32 Å². The van der Waals surface area contributed by atoms with Gasteiger partial charge in [-0.05, 0) is 18.4 Å². The highest BCUT2D eigenvalue weighted by atomic mass is 19.1. The summed E-state index contributed by atoms with van der Waals surface area (Å²) in [4.78, 5) is 1.71. The molecule has 0 bridgehead atoms. The van der Waals surface area contributed by atoms with Crippen LogP contribution in [0, 0.1) is 6.30 Å². The fourth-order valence-electron chi connectivity index (χ4n) is 0.753. The molecular weight excluding hydrogens is 131 g/mol. The minimum Gasteiger partial charge on any atom is -0.377 e. The van der Waals surface area contributed by atoms with Gasteiger partial charge in [0.15, 0.2) is 0 Å². The molecule has 1 rings (SSSR count). The zero-order chi connectivity index (χ0) is 7.56. The van der Waals surface area contributed by atoms with Crippen molar-refractivity contribution in [2.45, 2.75) is 0 Å². The molecule has 0 aromatic carbocycles. The summed E-state index contributed by atoms with van der Waals surface area (Å²) in [6.07, 6.45) is 4.74. The smallest absolute Gasteiger partial charge is 0.279 e. The third kappa shape index (κ3) is 1.29. The van der Waals surface area contributed by atoms with E-state index in [9.17, 15) is 4.39 Å². The van der Waals surface area contributed by atoms with Gasteiger partial charge in [-0.25, -0.2) is 4.39 Å². The van der Waals surface area contributed by atoms with Crippen molar-refractivity contribution >= 4 is 0 Å². The fraction of sp³-hybridized carbons (Fsp3) is 0.286. The van der Waals surface area contributed by atoms with Gasteiger partial charge in [0.1, 0.15) is 0 Å². The lowest BCUT2D eigenvalue weighted by atomic mass is 10.3. The molecule has 0 aliphatic carbocycles. The monoisotopic (exact) mass is 141 g/mol. The van der Waals surface area contributed by atoms with E-state index in [0.717, 1.165) is 0 Å². The van der Waals surface area contributed by atoms with Crippen molar-refractivity contribution in [1.29, 1.82) is 0 Å². The van der Waals surface area contributed by atoms with Gasteiger partial charge in [0.2, 0.25) is 0 Å². The van der Waals surface area contributed by atoms with Crippen LogP contribution in [-0.2, 0) is 0 Å². The first-order valence-electron chi connectivity index (χ1n) is 3.05. The minimum atomic E-state index is -0.299. The molecule has 0 aromatic rings. The van der Waals surface area contributed by atoms with Crippen LogP contribution in [0.5, 0.6) is 0 Å². The van der Waals surface area contributed by atoms with Crippen molar-refractivity contribution in [1.82, 2.24) is 10.2 Å². The molecule has 0 spiro atoms. The van der Waals surface area contributed by atoms with Gasteiger partial charge in [0.25, 0.3) is 6.30 Å². The first kappa shape index (κ1) is 7.12. The standard InChI is InChI=1S/C7H10FN2/c1-10(2)6-4-3-5-9-7(6)8/h3-5,9H,1-2H3. The number of likely N-dealkylation sites (N-methyl/N-ethyl adjacent to an activating group) is 1. The molecule has 2 nitrogen and oxygen atoms in total. The summed E-state index contributed by atoms with van der Waals surface area (Å²) in [5, 5.41) is 2.47. The molecule has 10 heavy (non-hydrogen) atoms. The Kier molecular flexibility index (Phi) is 1.94. The lowest BCUT2D eigenvalue weighted by Gasteiger charge is -2.21. The highest BCUT2D eigenvalue weighted by molar-refractivity contribution is 5.26. The normalized spacial score (nSPS) is 18.1. The van der Waals surface area contributed by atoms with Gasteiger partial charge in [-0.1, -0.05) is 0 Å². The Hall–Kier alpha value is -0.990. The summed E-state index contributed by atoms with van der Waals surface area (Å²) in [5.41, 5.74) is 0.572. The maximum atomic E-state index is 12.7. The molecule has 0 amide bonds. The first-order chi connectivity index (χ1) is 4.72. The molecule has 55 valence electrons. The molecule has 1 aliphatic rings. The van der Waals surface area contributed by atoms with Crippen LogP contribution in [0.3, 0.4) is 0 Å². The number of rotatable bonds is 1. The van der Waals surface area contributed by atoms with Crippen LogP contribution in [-0.4, -0.2) is 19.0 Å². The number of nitrogens with one attached hydrogen (secondary N) is 1. The lowest BCUT2D eigenvalue weighted by molar-refractivity contribution is 0.386. The van der Waals surface area contributed by atoms with E-state index in [0.29, 0.717) is 5.70 Å². The van der Waals surface area contributed by atoms with Crippen LogP contribution in [0.25, 0.3) is 0 Å². The molecule has 0 atom stereocenters. The Morgan fingerprint density at radius 1 is 1.50 bits per heavy atom. The maximum Gasteiger partial charge on any atom is 0.279 e. The van der Waals surface area contributed by atoms with Crippen molar-refractivity contribution < 1.29 is 4.39 Å². The average molecular weight is 141 g/mol. The van der Waals surface area contributed by atoms with E-state index in [1.807, 2.05) is 0 Å². The maximum absolute atomic E-state index is 12.7. The Morgan fingerprint density at radius 3 is 2.60 bits per heavy atom. The third-order valence-electron chi connectivity index (χ3n) is 1.27. The number of halogens is 1. The zero-order valence-corrected chi connectivity index (χ0v) is 6.06. The Morgan fingerprint density at radius 2 is 2.20 bits per heavy atom. The average Bonchev–Trinajstić information content (AvgIpc) is 1.88. The van der Waals surface area contributed by atoms with Gasteiger partial charge < -0.3 is 10.2 Å². The van der Waals surface area contributed by atoms with Gasteiger partial charge in [0.05, 0.1) is 5.70 Å². The van der Waals surface area contributed by atoms with E-state index in [-0.39, 0.29) is 6.30 Å². The summed E-state index contributed by atoms with van der Waals surface area (Å²) in [6.45, 7) is 0. The van der Waals surface area contributed by atoms with Gasteiger partial charge in [-0.2, -0.15) is 0 Å². The summed E-state index contributed by atoms with van der Waals surface area (Å²) >= 11 is 0. The number of hydrogen-bond donors (Lipinski definition) is 1. The van der Waals surface area contributed by atoms with E-state index in [1.54, 1.807) is 37.3 Å². The van der Waals surface area contributed by atoms with Crippen LogP contribution in [0.15, 0.2) is 24.0 Å². The highest BCUT2D eigenvalue weighted by Gasteiger charge is 2.15. The number of allylic oxidation sites excluding steroid dienone is 2. The number of hydrogen-bond acceptors (Lipinski definition) is 2. The van der Waals surface area contributed by atoms with E-state index in [1.165, 1.54) is 0 Å². The van der Waals surface area contributed by atoms with E-state index >= 15 is 0 Å². The van der Waals surface area contributed by atoms with Crippen LogP contribution in [0.1, 0.15) is 0 Å². The number of dihydropyridines is 1. The molecule has 0 aromatic heterocycles. The Bertz CT molecular complexity index is 172. The van der Waals surface area contributed by atoms with Crippen LogP contribution >= 0.6 is 0 Å². The van der Waals surface area contributed by atoms with Crippen molar-refractivity contribution in [3.8, 4) is 0 Å². The van der Waals surface area contributed by atoms with E-state index in [4.69, 9.17) is 0 Å². The van der Waals surface area contributed by atoms with Crippen LogP contribution in [0.4, 0.5) is 4.39 Å². The van der Waals surface area contributed by atoms with Gasteiger partial charge in [-0.15, -0.1) is 0 Å². The molecule has 1 radical (unpaired) electrons. The highest BCUT2D eigenvalue weighted by Crippen LogP contribution is 2.16. The molecule has 1 heterocycles. The molecule has 0 saturated heterocycles. The zero-order valence-electron chi connectivity index (χ0n) is 6.06. The third-order valence-corrected chi connectivity index (χ3v) is 1.27. The lowest BCUT2D eigenvalue weighted by Crippen LogP contribution is -2.24. The molecule has 0 fully saturated rings. The van der Waals surface area contributed by atoms with Gasteiger partial charge in [0, 0.05) is 14.1 Å². The van der Waals surface area contributed by atoms with E-state index < -0.39 is 0 Å². The summed E-state index contributed by atoms with van der Waals surface area (Å²) in [6, 6.07) is 0. The second kappa shape index (κ2) is 2.73. The molecule has 1 aliphatic heterocycles. The quantitative estimate of drug-likeness (QED) is 0.548. The van der Waals surface area contributed by atoms with Gasteiger partial charge >= 0.3 is 0 Å². The molecule has 3 heteroatoms. The summed E-state index contributed by atoms with van der Waals surface area (Å²) < 4.78 is 12.7. The minimum absolute atomic E-state index is 0.299. The predicted octanol–water partition coefficient (Wildman–Crippen LogP) is 1.01. The molecule has 0 saturated carbocycles. The second-order valence-electron chi connectivity index (χ2n) is 2.26. The largest absolute Gasteiger partial charge is 0.377 e. The first-order valence-corrected chi connectivity index (χ1v) is 3.05. The van der Waals surface area contributed by atoms with Crippen molar-refractivity contribution in [3.63, 3.8) is 0 Å². The van der Waals surface area contributed by atoms with Crippen LogP contribution in [0.2, 0.25) is 0 Å².